The predicted octanol–water partition coefficient (Wildman–Crippen LogP) is 2.00. The van der Waals surface area contributed by atoms with Crippen molar-refractivity contribution >= 4 is 11.9 Å². The van der Waals surface area contributed by atoms with Crippen LogP contribution in [0.3, 0.4) is 0 Å². The molecule has 0 spiro atoms. The van der Waals surface area contributed by atoms with E-state index in [4.69, 9.17) is 18.9 Å². The second-order valence-corrected chi connectivity index (χ2v) is 14.0. The van der Waals surface area contributed by atoms with Crippen molar-refractivity contribution in [2.24, 2.45) is 34.5 Å². The molecule has 4 N–H and O–H groups in total. The molecule has 4 aliphatic carbocycles. The number of hydrogen-bond acceptors (Lipinski definition) is 10. The molecule has 10 nitrogen and oxygen atoms in total. The quantitative estimate of drug-likeness (QED) is 0.282. The predicted molar refractivity (Wildman–Crippen MR) is 144 cm³/mol. The third kappa shape index (κ3) is 4.59. The highest BCUT2D eigenvalue weighted by Crippen LogP contribution is 2.70. The summed E-state index contributed by atoms with van der Waals surface area (Å²) >= 11 is 0. The van der Waals surface area contributed by atoms with Gasteiger partial charge >= 0.3 is 11.9 Å². The topological polar surface area (TPSA) is 152 Å². The normalized spacial score (nSPS) is 51.2. The van der Waals surface area contributed by atoms with Gasteiger partial charge in [0.1, 0.15) is 24.9 Å². The Balaban J connectivity index is 1.23. The molecular formula is C31H46O10. The number of esters is 2. The van der Waals surface area contributed by atoms with Crippen molar-refractivity contribution in [2.45, 2.75) is 121 Å². The molecule has 1 saturated heterocycles. The van der Waals surface area contributed by atoms with Crippen LogP contribution in [0.25, 0.3) is 0 Å². The summed E-state index contributed by atoms with van der Waals surface area (Å²) in [5.41, 5.74) is -0.501. The highest BCUT2D eigenvalue weighted by Gasteiger charge is 2.68. The molecule has 41 heavy (non-hydrogen) atoms. The first-order chi connectivity index (χ1) is 19.4. The summed E-state index contributed by atoms with van der Waals surface area (Å²) in [5.74, 6) is -0.0399. The summed E-state index contributed by atoms with van der Waals surface area (Å²) in [4.78, 5) is 23.9. The van der Waals surface area contributed by atoms with Gasteiger partial charge in [-0.3, -0.25) is 4.79 Å². The van der Waals surface area contributed by atoms with Crippen LogP contribution in [0.5, 0.6) is 0 Å². The maximum atomic E-state index is 12.5. The molecule has 0 aromatic carbocycles. The SMILES string of the molecule is CC(=O)OC[C@]12CCC(O[C@@H]3O[C@H](C)[C@@H](O)[C@@H](O)[C@H]3O)CC1CC[C@@H]1[C@@H]2CC[C@]2(C)[C@@H](C3=CC(=O)OC3)CC[C@]12O. The highest BCUT2D eigenvalue weighted by molar-refractivity contribution is 5.85. The van der Waals surface area contributed by atoms with Gasteiger partial charge in [0.15, 0.2) is 6.29 Å². The van der Waals surface area contributed by atoms with Crippen LogP contribution in [0.1, 0.15) is 78.6 Å². The summed E-state index contributed by atoms with van der Waals surface area (Å²) in [6, 6.07) is 0. The Hall–Kier alpha value is -1.56. The molecule has 13 atom stereocenters. The zero-order valence-electron chi connectivity index (χ0n) is 24.4. The Morgan fingerprint density at radius 2 is 1.80 bits per heavy atom. The van der Waals surface area contributed by atoms with Gasteiger partial charge in [0, 0.05) is 23.8 Å². The molecule has 5 fully saturated rings. The van der Waals surface area contributed by atoms with Crippen molar-refractivity contribution in [3.63, 3.8) is 0 Å². The Morgan fingerprint density at radius 1 is 1.02 bits per heavy atom. The van der Waals surface area contributed by atoms with Crippen molar-refractivity contribution < 1.29 is 49.0 Å². The molecule has 2 aliphatic heterocycles. The molecule has 10 heteroatoms. The van der Waals surface area contributed by atoms with Gasteiger partial charge in [-0.1, -0.05) is 6.92 Å². The Bertz CT molecular complexity index is 1080. The number of aliphatic hydroxyl groups is 4. The maximum Gasteiger partial charge on any atom is 0.331 e. The summed E-state index contributed by atoms with van der Waals surface area (Å²) in [6.45, 7) is 5.91. The average Bonchev–Trinajstić information content (AvgIpc) is 3.48. The fraction of sp³-hybridized carbons (Fsp3) is 0.871. The number of fused-ring (bicyclic) bond motifs is 5. The summed E-state index contributed by atoms with van der Waals surface area (Å²) in [5, 5.41) is 43.4. The standard InChI is InChI=1S/C31H46O10/c1-16-25(34)26(35)27(36)28(40-16)41-20-6-10-30(15-39-17(2)32)19(13-20)4-5-23-22(30)7-9-29(3)21(8-11-31(23,29)37)18-12-24(33)38-14-18/h12,16,19-23,25-28,34-37H,4-11,13-15H2,1-3H3/t16-,19?,20?,21-,22+,23-,25-,26-,27-,28+,29-,30-,31+/m1/s1. The highest BCUT2D eigenvalue weighted by atomic mass is 16.7. The van der Waals surface area contributed by atoms with Crippen LogP contribution in [-0.4, -0.2) is 88.0 Å². The molecule has 6 rings (SSSR count). The zero-order chi connectivity index (χ0) is 29.3. The first-order valence-corrected chi connectivity index (χ1v) is 15.5. The van der Waals surface area contributed by atoms with E-state index in [1.165, 1.54) is 6.92 Å². The van der Waals surface area contributed by atoms with E-state index in [-0.39, 0.29) is 52.5 Å². The molecule has 0 radical (unpaired) electrons. The lowest BCUT2D eigenvalue weighted by molar-refractivity contribution is -0.311. The number of cyclic esters (lactones) is 1. The Morgan fingerprint density at radius 3 is 2.51 bits per heavy atom. The number of hydrogen-bond donors (Lipinski definition) is 4. The van der Waals surface area contributed by atoms with Crippen molar-refractivity contribution in [3.05, 3.63) is 11.6 Å². The van der Waals surface area contributed by atoms with Gasteiger partial charge in [0.05, 0.1) is 24.4 Å². The van der Waals surface area contributed by atoms with Crippen LogP contribution < -0.4 is 0 Å². The summed E-state index contributed by atoms with van der Waals surface area (Å²) < 4.78 is 23.0. The van der Waals surface area contributed by atoms with E-state index in [0.29, 0.717) is 32.5 Å². The van der Waals surface area contributed by atoms with Crippen LogP contribution in [0, 0.1) is 34.5 Å². The van der Waals surface area contributed by atoms with E-state index >= 15 is 0 Å². The van der Waals surface area contributed by atoms with Gasteiger partial charge < -0.3 is 39.4 Å². The molecule has 6 aliphatic rings. The minimum absolute atomic E-state index is 0.0649. The second kappa shape index (κ2) is 10.6. The Kier molecular flexibility index (Phi) is 7.60. The van der Waals surface area contributed by atoms with Crippen LogP contribution in [0.15, 0.2) is 11.6 Å². The molecule has 230 valence electrons. The van der Waals surface area contributed by atoms with Crippen LogP contribution in [-0.2, 0) is 28.5 Å². The molecule has 0 aromatic heterocycles. The molecule has 0 bridgehead atoms. The first kappa shape index (κ1) is 29.5. The van der Waals surface area contributed by atoms with E-state index in [9.17, 15) is 30.0 Å². The molecule has 4 saturated carbocycles. The third-order valence-corrected chi connectivity index (χ3v) is 12.3. The molecule has 2 heterocycles. The molecule has 2 unspecified atom stereocenters. The minimum Gasteiger partial charge on any atom is -0.465 e. The minimum atomic E-state index is -1.35. The van der Waals surface area contributed by atoms with Gasteiger partial charge in [-0.25, -0.2) is 4.79 Å². The van der Waals surface area contributed by atoms with Gasteiger partial charge in [-0.15, -0.1) is 0 Å². The number of aliphatic hydroxyl groups excluding tert-OH is 3. The lowest BCUT2D eigenvalue weighted by atomic mass is 9.43. The van der Waals surface area contributed by atoms with Crippen molar-refractivity contribution in [2.75, 3.05) is 13.2 Å². The van der Waals surface area contributed by atoms with E-state index in [1.807, 2.05) is 0 Å². The maximum absolute atomic E-state index is 12.5. The number of carbonyl (C=O) groups is 2. The molecular weight excluding hydrogens is 532 g/mol. The van der Waals surface area contributed by atoms with Crippen molar-refractivity contribution in [1.82, 2.24) is 0 Å². The van der Waals surface area contributed by atoms with E-state index in [2.05, 4.69) is 6.92 Å². The zero-order valence-corrected chi connectivity index (χ0v) is 24.4. The number of ether oxygens (including phenoxy) is 4. The lowest BCUT2D eigenvalue weighted by Gasteiger charge is -2.64. The lowest BCUT2D eigenvalue weighted by Crippen LogP contribution is -2.64. The van der Waals surface area contributed by atoms with E-state index in [0.717, 1.165) is 44.1 Å². The van der Waals surface area contributed by atoms with Crippen LogP contribution in [0.2, 0.25) is 0 Å². The number of rotatable bonds is 5. The van der Waals surface area contributed by atoms with Gasteiger partial charge in [-0.05, 0) is 94.0 Å². The summed E-state index contributed by atoms with van der Waals surface area (Å²) in [6.07, 6.45) is 2.96. The third-order valence-electron chi connectivity index (χ3n) is 12.3. The monoisotopic (exact) mass is 578 g/mol. The van der Waals surface area contributed by atoms with Crippen LogP contribution >= 0.6 is 0 Å². The van der Waals surface area contributed by atoms with E-state index in [1.54, 1.807) is 13.0 Å². The smallest absolute Gasteiger partial charge is 0.331 e. The Labute approximate surface area is 241 Å². The number of carbonyl (C=O) groups excluding carboxylic acids is 2. The van der Waals surface area contributed by atoms with Crippen molar-refractivity contribution in [3.8, 4) is 0 Å². The van der Waals surface area contributed by atoms with Gasteiger partial charge in [0.25, 0.3) is 0 Å². The average molecular weight is 579 g/mol. The van der Waals surface area contributed by atoms with E-state index < -0.39 is 36.3 Å². The van der Waals surface area contributed by atoms with Crippen molar-refractivity contribution in [1.29, 1.82) is 0 Å². The first-order valence-electron chi connectivity index (χ1n) is 15.5. The summed E-state index contributed by atoms with van der Waals surface area (Å²) in [7, 11) is 0. The second-order valence-electron chi connectivity index (χ2n) is 14.0. The fourth-order valence-electron chi connectivity index (χ4n) is 10.1. The van der Waals surface area contributed by atoms with Gasteiger partial charge in [-0.2, -0.15) is 0 Å². The molecule has 0 aromatic rings. The largest absolute Gasteiger partial charge is 0.465 e. The van der Waals surface area contributed by atoms with Gasteiger partial charge in [0.2, 0.25) is 0 Å². The fourth-order valence-corrected chi connectivity index (χ4v) is 10.1. The molecule has 0 amide bonds. The van der Waals surface area contributed by atoms with Crippen LogP contribution in [0.4, 0.5) is 0 Å².